The lowest BCUT2D eigenvalue weighted by atomic mass is 9.86. The van der Waals surface area contributed by atoms with Gasteiger partial charge in [-0.25, -0.2) is 0 Å². The van der Waals surface area contributed by atoms with Gasteiger partial charge in [0.1, 0.15) is 0 Å². The SMILES string of the molecule is CCc1nnsc1C(O)Cc1ccc(C(C)(C)C)cc1. The smallest absolute Gasteiger partial charge is 0.0957 e. The van der Waals surface area contributed by atoms with E-state index in [1.54, 1.807) is 0 Å². The summed E-state index contributed by atoms with van der Waals surface area (Å²) in [5.41, 5.74) is 3.52. The van der Waals surface area contributed by atoms with Crippen LogP contribution in [0.3, 0.4) is 0 Å². The highest BCUT2D eigenvalue weighted by Crippen LogP contribution is 2.26. The molecule has 1 unspecified atom stereocenters. The monoisotopic (exact) mass is 290 g/mol. The molecule has 0 saturated heterocycles. The lowest BCUT2D eigenvalue weighted by Gasteiger charge is -2.19. The topological polar surface area (TPSA) is 46.0 Å². The van der Waals surface area contributed by atoms with Crippen molar-refractivity contribution in [1.82, 2.24) is 9.59 Å². The standard InChI is InChI=1S/C16H22N2OS/c1-5-13-15(20-18-17-13)14(19)10-11-6-8-12(9-7-11)16(2,3)4/h6-9,14,19H,5,10H2,1-4H3. The molecule has 1 N–H and O–H groups in total. The lowest BCUT2D eigenvalue weighted by Crippen LogP contribution is -2.11. The van der Waals surface area contributed by atoms with Gasteiger partial charge in [0.15, 0.2) is 0 Å². The van der Waals surface area contributed by atoms with Gasteiger partial charge in [-0.05, 0) is 34.5 Å². The number of rotatable bonds is 4. The fourth-order valence-electron chi connectivity index (χ4n) is 2.17. The predicted octanol–water partition coefficient (Wildman–Crippen LogP) is 3.67. The third kappa shape index (κ3) is 3.44. The van der Waals surface area contributed by atoms with Crippen molar-refractivity contribution >= 4 is 11.5 Å². The Hall–Kier alpha value is -1.26. The van der Waals surface area contributed by atoms with Crippen LogP contribution in [0, 0.1) is 0 Å². The Labute approximate surface area is 124 Å². The molecule has 0 aliphatic rings. The van der Waals surface area contributed by atoms with E-state index >= 15 is 0 Å². The maximum Gasteiger partial charge on any atom is 0.0957 e. The quantitative estimate of drug-likeness (QED) is 0.934. The number of hydrogen-bond donors (Lipinski definition) is 1. The van der Waals surface area contributed by atoms with Crippen LogP contribution in [-0.4, -0.2) is 14.7 Å². The molecule has 1 aromatic carbocycles. The maximum absolute atomic E-state index is 10.3. The Balaban J connectivity index is 2.10. The van der Waals surface area contributed by atoms with Crippen LogP contribution < -0.4 is 0 Å². The zero-order valence-electron chi connectivity index (χ0n) is 12.6. The number of hydrogen-bond acceptors (Lipinski definition) is 4. The van der Waals surface area contributed by atoms with Crippen LogP contribution in [0.15, 0.2) is 24.3 Å². The van der Waals surface area contributed by atoms with E-state index in [1.807, 2.05) is 6.92 Å². The normalized spacial score (nSPS) is 13.4. The molecule has 1 aromatic heterocycles. The summed E-state index contributed by atoms with van der Waals surface area (Å²) in [4.78, 5) is 0.896. The maximum atomic E-state index is 10.3. The molecule has 0 amide bonds. The molecule has 1 heterocycles. The van der Waals surface area contributed by atoms with Crippen molar-refractivity contribution in [3.05, 3.63) is 46.0 Å². The van der Waals surface area contributed by atoms with Gasteiger partial charge in [-0.1, -0.05) is 56.4 Å². The third-order valence-electron chi connectivity index (χ3n) is 3.47. The van der Waals surface area contributed by atoms with E-state index in [0.29, 0.717) is 6.42 Å². The summed E-state index contributed by atoms with van der Waals surface area (Å²) in [5.74, 6) is 0. The van der Waals surface area contributed by atoms with Gasteiger partial charge in [0, 0.05) is 6.42 Å². The summed E-state index contributed by atoms with van der Waals surface area (Å²) in [5, 5.41) is 14.4. The summed E-state index contributed by atoms with van der Waals surface area (Å²) in [6, 6.07) is 8.50. The fourth-order valence-corrected chi connectivity index (χ4v) is 2.89. The van der Waals surface area contributed by atoms with Gasteiger partial charge in [-0.3, -0.25) is 0 Å². The van der Waals surface area contributed by atoms with Crippen LogP contribution in [0.1, 0.15) is 55.5 Å². The fraction of sp³-hybridized carbons (Fsp3) is 0.500. The van der Waals surface area contributed by atoms with Gasteiger partial charge >= 0.3 is 0 Å². The van der Waals surface area contributed by atoms with E-state index in [-0.39, 0.29) is 5.41 Å². The van der Waals surface area contributed by atoms with Crippen molar-refractivity contribution in [1.29, 1.82) is 0 Å². The summed E-state index contributed by atoms with van der Waals surface area (Å²) in [6.07, 6.45) is 0.915. The molecule has 0 aliphatic carbocycles. The van der Waals surface area contributed by atoms with E-state index in [2.05, 4.69) is 54.6 Å². The van der Waals surface area contributed by atoms with E-state index in [1.165, 1.54) is 17.1 Å². The average Bonchev–Trinajstić information content (AvgIpc) is 2.86. The van der Waals surface area contributed by atoms with Crippen molar-refractivity contribution in [2.24, 2.45) is 0 Å². The van der Waals surface area contributed by atoms with Gasteiger partial charge in [-0.2, -0.15) is 0 Å². The minimum absolute atomic E-state index is 0.161. The van der Waals surface area contributed by atoms with E-state index in [0.717, 1.165) is 22.6 Å². The molecule has 2 rings (SSSR count). The molecule has 3 nitrogen and oxygen atoms in total. The number of aliphatic hydroxyl groups is 1. The van der Waals surface area contributed by atoms with Gasteiger partial charge in [-0.15, -0.1) is 5.10 Å². The van der Waals surface area contributed by atoms with Crippen molar-refractivity contribution < 1.29 is 5.11 Å². The molecule has 108 valence electrons. The first-order valence-corrected chi connectivity index (χ1v) is 7.77. The minimum Gasteiger partial charge on any atom is -0.387 e. The largest absolute Gasteiger partial charge is 0.387 e. The van der Waals surface area contributed by atoms with Crippen molar-refractivity contribution in [3.63, 3.8) is 0 Å². The van der Waals surface area contributed by atoms with E-state index in [9.17, 15) is 5.11 Å². The molecule has 1 atom stereocenters. The third-order valence-corrected chi connectivity index (χ3v) is 4.34. The molecule has 0 fully saturated rings. The summed E-state index contributed by atoms with van der Waals surface area (Å²) in [6.45, 7) is 8.64. The molecule has 20 heavy (non-hydrogen) atoms. The first-order chi connectivity index (χ1) is 9.41. The molecule has 4 heteroatoms. The molecule has 2 aromatic rings. The molecular weight excluding hydrogens is 268 g/mol. The Morgan fingerprint density at radius 1 is 1.20 bits per heavy atom. The molecule has 0 spiro atoms. The number of aromatic nitrogens is 2. The minimum atomic E-state index is -0.509. The highest BCUT2D eigenvalue weighted by atomic mass is 32.1. The Kier molecular flexibility index (Phi) is 4.55. The van der Waals surface area contributed by atoms with Crippen LogP contribution in [0.4, 0.5) is 0 Å². The average molecular weight is 290 g/mol. The number of aryl methyl sites for hydroxylation is 1. The Bertz CT molecular complexity index is 555. The van der Waals surface area contributed by atoms with Gasteiger partial charge in [0.2, 0.25) is 0 Å². The van der Waals surface area contributed by atoms with Crippen LogP contribution in [0.5, 0.6) is 0 Å². The molecule has 0 saturated carbocycles. The van der Waals surface area contributed by atoms with Crippen molar-refractivity contribution in [3.8, 4) is 0 Å². The van der Waals surface area contributed by atoms with Crippen LogP contribution in [0.2, 0.25) is 0 Å². The first-order valence-electron chi connectivity index (χ1n) is 7.00. The van der Waals surface area contributed by atoms with E-state index in [4.69, 9.17) is 0 Å². The highest BCUT2D eigenvalue weighted by molar-refractivity contribution is 7.05. The predicted molar refractivity (Wildman–Crippen MR) is 83.1 cm³/mol. The highest BCUT2D eigenvalue weighted by Gasteiger charge is 2.17. The first kappa shape index (κ1) is 15.1. The second kappa shape index (κ2) is 6.02. The van der Waals surface area contributed by atoms with Crippen LogP contribution in [-0.2, 0) is 18.3 Å². The lowest BCUT2D eigenvalue weighted by molar-refractivity contribution is 0.181. The number of nitrogens with zero attached hydrogens (tertiary/aromatic N) is 2. The summed E-state index contributed by atoms with van der Waals surface area (Å²) >= 11 is 1.30. The zero-order valence-corrected chi connectivity index (χ0v) is 13.4. The number of aliphatic hydroxyl groups excluding tert-OH is 1. The van der Waals surface area contributed by atoms with Crippen LogP contribution >= 0.6 is 11.5 Å². The second-order valence-electron chi connectivity index (χ2n) is 6.10. The van der Waals surface area contributed by atoms with Gasteiger partial charge < -0.3 is 5.11 Å². The van der Waals surface area contributed by atoms with Gasteiger partial charge in [0.05, 0.1) is 16.7 Å². The molecular formula is C16H22N2OS. The number of benzene rings is 1. The molecule has 0 bridgehead atoms. The van der Waals surface area contributed by atoms with Crippen LogP contribution in [0.25, 0.3) is 0 Å². The van der Waals surface area contributed by atoms with Crippen molar-refractivity contribution in [2.75, 3.05) is 0 Å². The zero-order chi connectivity index (χ0) is 14.8. The van der Waals surface area contributed by atoms with E-state index < -0.39 is 6.10 Å². The second-order valence-corrected chi connectivity index (χ2v) is 6.89. The van der Waals surface area contributed by atoms with Crippen molar-refractivity contribution in [2.45, 2.75) is 52.1 Å². The van der Waals surface area contributed by atoms with Gasteiger partial charge in [0.25, 0.3) is 0 Å². The Morgan fingerprint density at radius 2 is 1.85 bits per heavy atom. The molecule has 0 aliphatic heterocycles. The summed E-state index contributed by atoms with van der Waals surface area (Å²) < 4.78 is 3.93. The Morgan fingerprint density at radius 3 is 2.40 bits per heavy atom. The molecule has 0 radical (unpaired) electrons. The summed E-state index contributed by atoms with van der Waals surface area (Å²) in [7, 11) is 0.